The fraction of sp³-hybridized carbons (Fsp3) is 0.500. The minimum absolute atomic E-state index is 0.343. The predicted molar refractivity (Wildman–Crippen MR) is 56.6 cm³/mol. The van der Waals surface area contributed by atoms with Crippen LogP contribution in [0.25, 0.3) is 11.6 Å². The van der Waals surface area contributed by atoms with Crippen molar-refractivity contribution >= 4 is 0 Å². The molecule has 0 atom stereocenters. The molecule has 0 bridgehead atoms. The second-order valence-electron chi connectivity index (χ2n) is 3.48. The Bertz CT molecular complexity index is 407. The summed E-state index contributed by atoms with van der Waals surface area (Å²) in [5, 5.41) is 10.8. The topological polar surface area (TPSA) is 76.8 Å². The molecule has 0 unspecified atom stereocenters. The van der Waals surface area contributed by atoms with Gasteiger partial charge in [0.1, 0.15) is 6.61 Å². The van der Waals surface area contributed by atoms with E-state index in [1.807, 2.05) is 6.07 Å². The van der Waals surface area contributed by atoms with Crippen LogP contribution in [0.2, 0.25) is 0 Å². The molecule has 0 fully saturated rings. The Hall–Kier alpha value is -1.69. The summed E-state index contributed by atoms with van der Waals surface area (Å²) in [5.74, 6) is 0.947. The van der Waals surface area contributed by atoms with Crippen LogP contribution in [0, 0.1) is 0 Å². The maximum Gasteiger partial charge on any atom is 0.278 e. The highest BCUT2D eigenvalue weighted by Crippen LogP contribution is 2.16. The molecule has 6 nitrogen and oxygen atoms in total. The summed E-state index contributed by atoms with van der Waals surface area (Å²) in [6.45, 7) is 2.46. The van der Waals surface area contributed by atoms with Gasteiger partial charge in [0.2, 0.25) is 0 Å². The van der Waals surface area contributed by atoms with Crippen molar-refractivity contribution in [2.45, 2.75) is 26.4 Å². The van der Waals surface area contributed by atoms with Crippen molar-refractivity contribution in [2.75, 3.05) is 7.11 Å². The van der Waals surface area contributed by atoms with Gasteiger partial charge in [-0.2, -0.15) is 10.1 Å². The van der Waals surface area contributed by atoms with Crippen molar-refractivity contribution in [3.8, 4) is 11.6 Å². The largest absolute Gasteiger partial charge is 0.377 e. The molecule has 0 aliphatic carbocycles. The van der Waals surface area contributed by atoms with Crippen molar-refractivity contribution in [2.24, 2.45) is 0 Å². The van der Waals surface area contributed by atoms with E-state index in [9.17, 15) is 0 Å². The molecule has 0 spiro atoms. The number of methoxy groups -OCH3 is 1. The zero-order valence-corrected chi connectivity index (χ0v) is 9.36. The van der Waals surface area contributed by atoms with Gasteiger partial charge in [-0.05, 0) is 12.5 Å². The molecule has 2 aromatic heterocycles. The SMILES string of the molecule is CCCc1cc(-c2nc(COC)no2)n[nH]1. The van der Waals surface area contributed by atoms with Gasteiger partial charge in [-0.3, -0.25) is 5.10 Å². The highest BCUT2D eigenvalue weighted by atomic mass is 16.5. The summed E-state index contributed by atoms with van der Waals surface area (Å²) in [5.41, 5.74) is 1.75. The van der Waals surface area contributed by atoms with Gasteiger partial charge in [0.15, 0.2) is 11.5 Å². The van der Waals surface area contributed by atoms with Gasteiger partial charge in [-0.15, -0.1) is 0 Å². The Morgan fingerprint density at radius 3 is 3.12 bits per heavy atom. The molecule has 0 radical (unpaired) electrons. The summed E-state index contributed by atoms with van der Waals surface area (Å²) < 4.78 is 9.98. The maximum atomic E-state index is 5.07. The van der Waals surface area contributed by atoms with E-state index in [2.05, 4.69) is 27.3 Å². The Morgan fingerprint density at radius 1 is 1.50 bits per heavy atom. The Kier molecular flexibility index (Phi) is 3.31. The number of H-pyrrole nitrogens is 1. The third kappa shape index (κ3) is 2.27. The van der Waals surface area contributed by atoms with Crippen molar-refractivity contribution in [1.82, 2.24) is 20.3 Å². The first-order valence-corrected chi connectivity index (χ1v) is 5.19. The molecule has 0 aliphatic heterocycles. The van der Waals surface area contributed by atoms with E-state index < -0.39 is 0 Å². The monoisotopic (exact) mass is 222 g/mol. The molecule has 0 aromatic carbocycles. The number of nitrogens with one attached hydrogen (secondary N) is 1. The van der Waals surface area contributed by atoms with Gasteiger partial charge in [0, 0.05) is 12.8 Å². The first-order valence-electron chi connectivity index (χ1n) is 5.19. The van der Waals surface area contributed by atoms with Crippen LogP contribution in [-0.4, -0.2) is 27.4 Å². The van der Waals surface area contributed by atoms with E-state index >= 15 is 0 Å². The normalized spacial score (nSPS) is 10.9. The molecule has 0 aliphatic rings. The first-order chi connectivity index (χ1) is 7.83. The summed E-state index contributed by atoms with van der Waals surface area (Å²) >= 11 is 0. The number of aryl methyl sites for hydroxylation is 1. The van der Waals surface area contributed by atoms with E-state index in [1.165, 1.54) is 0 Å². The van der Waals surface area contributed by atoms with Crippen LogP contribution in [0.5, 0.6) is 0 Å². The van der Waals surface area contributed by atoms with Crippen molar-refractivity contribution in [3.05, 3.63) is 17.6 Å². The van der Waals surface area contributed by atoms with E-state index in [4.69, 9.17) is 9.26 Å². The van der Waals surface area contributed by atoms with Crippen LogP contribution in [0.1, 0.15) is 24.9 Å². The highest BCUT2D eigenvalue weighted by Gasteiger charge is 2.11. The fourth-order valence-corrected chi connectivity index (χ4v) is 1.41. The van der Waals surface area contributed by atoms with E-state index in [0.29, 0.717) is 24.0 Å². The lowest BCUT2D eigenvalue weighted by Crippen LogP contribution is -1.89. The number of rotatable bonds is 5. The van der Waals surface area contributed by atoms with Crippen molar-refractivity contribution in [3.63, 3.8) is 0 Å². The molecule has 2 aromatic rings. The van der Waals surface area contributed by atoms with Gasteiger partial charge in [-0.1, -0.05) is 18.5 Å². The molecular formula is C10H14N4O2. The summed E-state index contributed by atoms with van der Waals surface area (Å²) in [6.07, 6.45) is 2.03. The van der Waals surface area contributed by atoms with Gasteiger partial charge >= 0.3 is 0 Å². The number of hydrogen-bond donors (Lipinski definition) is 1. The smallest absolute Gasteiger partial charge is 0.278 e. The average Bonchev–Trinajstić information content (AvgIpc) is 2.87. The molecule has 0 saturated heterocycles. The molecule has 1 N–H and O–H groups in total. The quantitative estimate of drug-likeness (QED) is 0.830. The third-order valence-corrected chi connectivity index (χ3v) is 2.11. The molecule has 2 rings (SSSR count). The predicted octanol–water partition coefficient (Wildman–Crippen LogP) is 1.56. The van der Waals surface area contributed by atoms with Crippen LogP contribution in [-0.2, 0) is 17.8 Å². The molecule has 0 amide bonds. The minimum atomic E-state index is 0.343. The highest BCUT2D eigenvalue weighted by molar-refractivity contribution is 5.46. The minimum Gasteiger partial charge on any atom is -0.377 e. The van der Waals surface area contributed by atoms with E-state index in [-0.39, 0.29) is 0 Å². The Morgan fingerprint density at radius 2 is 2.38 bits per heavy atom. The van der Waals surface area contributed by atoms with Crippen molar-refractivity contribution in [1.29, 1.82) is 0 Å². The lowest BCUT2D eigenvalue weighted by molar-refractivity contribution is 0.174. The number of hydrogen-bond acceptors (Lipinski definition) is 5. The van der Waals surface area contributed by atoms with E-state index in [0.717, 1.165) is 18.5 Å². The number of ether oxygens (including phenoxy) is 1. The zero-order chi connectivity index (χ0) is 11.4. The zero-order valence-electron chi connectivity index (χ0n) is 9.36. The van der Waals surface area contributed by atoms with Crippen molar-refractivity contribution < 1.29 is 9.26 Å². The van der Waals surface area contributed by atoms with Gasteiger partial charge in [0.25, 0.3) is 5.89 Å². The summed E-state index contributed by atoms with van der Waals surface area (Å²) in [7, 11) is 1.59. The standard InChI is InChI=1S/C10H14N4O2/c1-3-4-7-5-8(13-12-7)10-11-9(6-15-2)14-16-10/h5H,3-4,6H2,1-2H3,(H,12,13). The van der Waals surface area contributed by atoms with Gasteiger partial charge in [-0.25, -0.2) is 0 Å². The van der Waals surface area contributed by atoms with Gasteiger partial charge < -0.3 is 9.26 Å². The second kappa shape index (κ2) is 4.89. The van der Waals surface area contributed by atoms with Crippen LogP contribution in [0.4, 0.5) is 0 Å². The number of aromatic nitrogens is 4. The first kappa shape index (κ1) is 10.8. The van der Waals surface area contributed by atoms with Crippen LogP contribution in [0.3, 0.4) is 0 Å². The average molecular weight is 222 g/mol. The number of nitrogens with zero attached hydrogens (tertiary/aromatic N) is 3. The van der Waals surface area contributed by atoms with Crippen LogP contribution >= 0.6 is 0 Å². The summed E-state index contributed by atoms with van der Waals surface area (Å²) in [4.78, 5) is 4.16. The molecular weight excluding hydrogens is 208 g/mol. The lowest BCUT2D eigenvalue weighted by atomic mass is 10.2. The molecule has 86 valence electrons. The summed E-state index contributed by atoms with van der Waals surface area (Å²) in [6, 6.07) is 1.92. The third-order valence-electron chi connectivity index (χ3n) is 2.11. The maximum absolute atomic E-state index is 5.07. The second-order valence-corrected chi connectivity index (χ2v) is 3.48. The lowest BCUT2D eigenvalue weighted by Gasteiger charge is -1.87. The number of aromatic amines is 1. The fourth-order valence-electron chi connectivity index (χ4n) is 1.41. The Balaban J connectivity index is 2.14. The molecule has 6 heteroatoms. The molecule has 16 heavy (non-hydrogen) atoms. The Labute approximate surface area is 93.0 Å². The molecule has 0 saturated carbocycles. The van der Waals surface area contributed by atoms with Crippen LogP contribution in [0.15, 0.2) is 10.6 Å². The van der Waals surface area contributed by atoms with E-state index in [1.54, 1.807) is 7.11 Å². The molecule has 2 heterocycles. The van der Waals surface area contributed by atoms with Gasteiger partial charge in [0.05, 0.1) is 0 Å². The van der Waals surface area contributed by atoms with Crippen LogP contribution < -0.4 is 0 Å².